The zero-order chi connectivity index (χ0) is 27.2. The first-order valence-corrected chi connectivity index (χ1v) is 14.0. The zero-order valence-corrected chi connectivity index (χ0v) is 24.4. The molecule has 1 aliphatic heterocycles. The van der Waals surface area contributed by atoms with Gasteiger partial charge in [-0.1, -0.05) is 65.3 Å². The molecular weight excluding hydrogens is 660 g/mol. The number of thioether (sulfide) groups is 1. The van der Waals surface area contributed by atoms with Crippen LogP contribution in [-0.4, -0.2) is 28.6 Å². The van der Waals surface area contributed by atoms with Crippen molar-refractivity contribution in [2.75, 3.05) is 6.61 Å². The first-order chi connectivity index (χ1) is 18.3. The number of rotatable bonds is 7. The lowest BCUT2D eigenvalue weighted by molar-refractivity contribution is -0.138. The van der Waals surface area contributed by atoms with Crippen molar-refractivity contribution in [3.63, 3.8) is 0 Å². The van der Waals surface area contributed by atoms with E-state index in [-0.39, 0.29) is 29.6 Å². The van der Waals surface area contributed by atoms with Gasteiger partial charge in [-0.2, -0.15) is 0 Å². The van der Waals surface area contributed by atoms with Gasteiger partial charge in [-0.15, -0.1) is 0 Å². The van der Waals surface area contributed by atoms with E-state index in [0.29, 0.717) is 26.3 Å². The second kappa shape index (κ2) is 12.8. The zero-order valence-electron chi connectivity index (χ0n) is 19.9. The average molecular weight is 680 g/mol. The van der Waals surface area contributed by atoms with Crippen LogP contribution in [0, 0.1) is 3.57 Å². The second-order valence-electron chi connectivity index (χ2n) is 7.86. The number of benzene rings is 3. The molecule has 0 saturated heterocycles. The Morgan fingerprint density at radius 1 is 1.08 bits per heavy atom. The summed E-state index contributed by atoms with van der Waals surface area (Å²) in [5.74, 6) is -0.915. The summed E-state index contributed by atoms with van der Waals surface area (Å²) in [6.07, 6.45) is 1.71. The number of halogens is 3. The first kappa shape index (κ1) is 28.2. The van der Waals surface area contributed by atoms with Crippen LogP contribution in [0.2, 0.25) is 10.0 Å². The maximum absolute atomic E-state index is 12.7. The summed E-state index contributed by atoms with van der Waals surface area (Å²) in [5.41, 5.74) is 1.78. The molecule has 0 spiro atoms. The molecule has 1 heterocycles. The first-order valence-electron chi connectivity index (χ1n) is 11.3. The predicted octanol–water partition coefficient (Wildman–Crippen LogP) is 7.88. The number of aliphatic hydroxyl groups excluding tert-OH is 1. The van der Waals surface area contributed by atoms with Crippen molar-refractivity contribution in [1.29, 1.82) is 0 Å². The summed E-state index contributed by atoms with van der Waals surface area (Å²) in [7, 11) is 0. The maximum Gasteiger partial charge on any atom is 0.344 e. The van der Waals surface area contributed by atoms with Crippen LogP contribution in [0.3, 0.4) is 0 Å². The highest BCUT2D eigenvalue weighted by Gasteiger charge is 2.34. The van der Waals surface area contributed by atoms with Crippen molar-refractivity contribution in [3.05, 3.63) is 113 Å². The SMILES string of the molecule is CCOC(=O)C1=C(O)/C(=C/c2ccc(OCc3ccc(Cl)cc3Cl)c(I)c2)SC1=NC(=O)c1ccccc1. The second-order valence-corrected chi connectivity index (χ2v) is 10.9. The highest BCUT2D eigenvalue weighted by Crippen LogP contribution is 2.40. The number of aliphatic hydroxyl groups is 1. The average Bonchev–Trinajstić information content (AvgIpc) is 3.19. The van der Waals surface area contributed by atoms with E-state index >= 15 is 0 Å². The van der Waals surface area contributed by atoms with Gasteiger partial charge in [0.1, 0.15) is 28.7 Å². The fourth-order valence-electron chi connectivity index (χ4n) is 3.40. The molecule has 194 valence electrons. The van der Waals surface area contributed by atoms with Gasteiger partial charge in [-0.3, -0.25) is 4.79 Å². The minimum Gasteiger partial charge on any atom is -0.506 e. The normalized spacial score (nSPS) is 15.3. The number of amides is 1. The van der Waals surface area contributed by atoms with Gasteiger partial charge in [0.2, 0.25) is 0 Å². The van der Waals surface area contributed by atoms with E-state index < -0.39 is 11.9 Å². The Hall–Kier alpha value is -2.79. The molecule has 3 aromatic carbocycles. The molecule has 38 heavy (non-hydrogen) atoms. The largest absolute Gasteiger partial charge is 0.506 e. The quantitative estimate of drug-likeness (QED) is 0.202. The van der Waals surface area contributed by atoms with Crippen LogP contribution in [0.15, 0.2) is 88.0 Å². The number of carbonyl (C=O) groups is 2. The van der Waals surface area contributed by atoms with Crippen molar-refractivity contribution in [2.24, 2.45) is 4.99 Å². The van der Waals surface area contributed by atoms with E-state index in [1.165, 1.54) is 0 Å². The summed E-state index contributed by atoms with van der Waals surface area (Å²) in [6, 6.07) is 19.2. The summed E-state index contributed by atoms with van der Waals surface area (Å²) >= 11 is 15.4. The summed E-state index contributed by atoms with van der Waals surface area (Å²) < 4.78 is 11.9. The van der Waals surface area contributed by atoms with Gasteiger partial charge in [0, 0.05) is 21.2 Å². The van der Waals surface area contributed by atoms with E-state index in [4.69, 9.17) is 32.7 Å². The number of hydrogen-bond acceptors (Lipinski definition) is 6. The van der Waals surface area contributed by atoms with Gasteiger partial charge in [0.25, 0.3) is 5.91 Å². The van der Waals surface area contributed by atoms with Gasteiger partial charge >= 0.3 is 5.97 Å². The van der Waals surface area contributed by atoms with E-state index in [1.807, 2.05) is 18.2 Å². The van der Waals surface area contributed by atoms with Gasteiger partial charge in [-0.05, 0) is 77.6 Å². The summed E-state index contributed by atoms with van der Waals surface area (Å²) in [6.45, 7) is 2.04. The predicted molar refractivity (Wildman–Crippen MR) is 160 cm³/mol. The third kappa shape index (κ3) is 6.79. The molecule has 1 aliphatic rings. The Bertz CT molecular complexity index is 1490. The standard InChI is InChI=1S/C28H20Cl2INO5S/c1-2-36-28(35)24-25(33)23(38-27(24)32-26(34)17-6-4-3-5-7-17)13-16-8-11-22(21(31)12-16)37-15-18-9-10-19(29)14-20(18)30/h3-14,33H,2,15H2,1H3/b23-13-,32-27?. The Morgan fingerprint density at radius 2 is 1.84 bits per heavy atom. The van der Waals surface area contributed by atoms with Crippen LogP contribution in [0.5, 0.6) is 5.75 Å². The third-order valence-corrected chi connectivity index (χ3v) is 7.70. The molecule has 3 aromatic rings. The van der Waals surface area contributed by atoms with Crippen molar-refractivity contribution < 1.29 is 24.2 Å². The number of carbonyl (C=O) groups excluding carboxylic acids is 2. The summed E-state index contributed by atoms with van der Waals surface area (Å²) in [5, 5.41) is 12.0. The lowest BCUT2D eigenvalue weighted by Gasteiger charge is -2.10. The van der Waals surface area contributed by atoms with Gasteiger partial charge in [0.05, 0.1) is 15.1 Å². The van der Waals surface area contributed by atoms with Crippen molar-refractivity contribution in [2.45, 2.75) is 13.5 Å². The third-order valence-electron chi connectivity index (χ3n) is 5.25. The van der Waals surface area contributed by atoms with E-state index in [0.717, 1.165) is 26.5 Å². The van der Waals surface area contributed by atoms with Crippen LogP contribution < -0.4 is 4.74 Å². The van der Waals surface area contributed by atoms with Crippen LogP contribution in [0.25, 0.3) is 6.08 Å². The van der Waals surface area contributed by atoms with Gasteiger partial charge in [-0.25, -0.2) is 9.79 Å². The van der Waals surface area contributed by atoms with E-state index in [1.54, 1.807) is 61.5 Å². The Labute approximate surface area is 247 Å². The Kier molecular flexibility index (Phi) is 9.54. The number of aliphatic imine (C=N–C) groups is 1. The molecule has 0 fully saturated rings. The fourth-order valence-corrected chi connectivity index (χ4v) is 5.57. The van der Waals surface area contributed by atoms with Crippen LogP contribution in [0.1, 0.15) is 28.4 Å². The van der Waals surface area contributed by atoms with Crippen molar-refractivity contribution in [1.82, 2.24) is 0 Å². The lowest BCUT2D eigenvalue weighted by atomic mass is 10.1. The molecule has 0 unspecified atom stereocenters. The molecule has 6 nitrogen and oxygen atoms in total. The van der Waals surface area contributed by atoms with Crippen LogP contribution in [0.4, 0.5) is 0 Å². The molecule has 0 bridgehead atoms. The highest BCUT2D eigenvalue weighted by atomic mass is 127. The number of ether oxygens (including phenoxy) is 2. The fraction of sp³-hybridized carbons (Fsp3) is 0.107. The number of esters is 1. The number of nitrogens with zero attached hydrogens (tertiary/aromatic N) is 1. The minimum atomic E-state index is -0.750. The molecule has 1 amide bonds. The Morgan fingerprint density at radius 3 is 2.53 bits per heavy atom. The number of hydrogen-bond donors (Lipinski definition) is 1. The molecule has 0 atom stereocenters. The molecule has 0 aromatic heterocycles. The summed E-state index contributed by atoms with van der Waals surface area (Å²) in [4.78, 5) is 29.8. The molecule has 1 N–H and O–H groups in total. The molecule has 10 heteroatoms. The maximum atomic E-state index is 12.7. The van der Waals surface area contributed by atoms with E-state index in [2.05, 4.69) is 27.6 Å². The van der Waals surface area contributed by atoms with Crippen LogP contribution >= 0.6 is 57.6 Å². The molecule has 0 radical (unpaired) electrons. The van der Waals surface area contributed by atoms with Crippen LogP contribution in [-0.2, 0) is 16.1 Å². The molecule has 0 saturated carbocycles. The van der Waals surface area contributed by atoms with Gasteiger partial charge < -0.3 is 14.6 Å². The van der Waals surface area contributed by atoms with E-state index in [9.17, 15) is 14.7 Å². The Balaban J connectivity index is 1.58. The topological polar surface area (TPSA) is 85.2 Å². The monoisotopic (exact) mass is 679 g/mol. The molecular formula is C28H20Cl2INO5S. The van der Waals surface area contributed by atoms with Crippen molar-refractivity contribution in [3.8, 4) is 5.75 Å². The smallest absolute Gasteiger partial charge is 0.344 e. The lowest BCUT2D eigenvalue weighted by Crippen LogP contribution is -2.14. The minimum absolute atomic E-state index is 0.0792. The molecule has 4 rings (SSSR count). The molecule has 0 aliphatic carbocycles. The highest BCUT2D eigenvalue weighted by molar-refractivity contribution is 14.1. The van der Waals surface area contributed by atoms with Gasteiger partial charge in [0.15, 0.2) is 0 Å². The van der Waals surface area contributed by atoms with Crippen molar-refractivity contribution >= 4 is 80.6 Å².